The Morgan fingerprint density at radius 3 is 2.83 bits per heavy atom. The van der Waals surface area contributed by atoms with Crippen LogP contribution in [0.25, 0.3) is 11.0 Å². The van der Waals surface area contributed by atoms with Crippen LogP contribution in [0.5, 0.6) is 11.5 Å². The Labute approximate surface area is 138 Å². The molecule has 1 aromatic carbocycles. The maximum absolute atomic E-state index is 12.1. The minimum absolute atomic E-state index is 0.105. The average molecular weight is 327 g/mol. The maximum Gasteiger partial charge on any atom is 0.342 e. The van der Waals surface area contributed by atoms with E-state index < -0.39 is 5.97 Å². The van der Waals surface area contributed by atoms with Crippen molar-refractivity contribution in [1.29, 1.82) is 0 Å². The highest BCUT2D eigenvalue weighted by molar-refractivity contribution is 6.04. The van der Waals surface area contributed by atoms with Crippen molar-refractivity contribution in [2.24, 2.45) is 0 Å². The van der Waals surface area contributed by atoms with Gasteiger partial charge in [-0.25, -0.2) is 4.79 Å². The molecule has 0 aliphatic carbocycles. The molecule has 6 nitrogen and oxygen atoms in total. The zero-order valence-electron chi connectivity index (χ0n) is 13.4. The van der Waals surface area contributed by atoms with Gasteiger partial charge in [-0.1, -0.05) is 0 Å². The lowest BCUT2D eigenvalue weighted by Gasteiger charge is -2.06. The fourth-order valence-corrected chi connectivity index (χ4v) is 2.41. The molecule has 6 heteroatoms. The summed E-state index contributed by atoms with van der Waals surface area (Å²) in [5.41, 5.74) is 1.70. The summed E-state index contributed by atoms with van der Waals surface area (Å²) in [6.07, 6.45) is 1.36. The number of pyridine rings is 1. The number of rotatable bonds is 5. The van der Waals surface area contributed by atoms with E-state index in [1.807, 2.05) is 0 Å². The highest BCUT2D eigenvalue weighted by Gasteiger charge is 2.19. The Bertz CT molecular complexity index is 867. The van der Waals surface area contributed by atoms with Crippen molar-refractivity contribution in [1.82, 2.24) is 4.98 Å². The average Bonchev–Trinajstić information content (AvgIpc) is 2.89. The summed E-state index contributed by atoms with van der Waals surface area (Å²) < 4.78 is 16.4. The zero-order chi connectivity index (χ0) is 17.1. The summed E-state index contributed by atoms with van der Waals surface area (Å²) in [4.78, 5) is 16.2. The van der Waals surface area contributed by atoms with Gasteiger partial charge < -0.3 is 19.0 Å². The van der Waals surface area contributed by atoms with Crippen LogP contribution >= 0.6 is 0 Å². The molecule has 3 aromatic rings. The van der Waals surface area contributed by atoms with Crippen LogP contribution in [0.2, 0.25) is 0 Å². The summed E-state index contributed by atoms with van der Waals surface area (Å²) in [5.74, 6) is 0.795. The number of hydrogen-bond donors (Lipinski definition) is 1. The highest BCUT2D eigenvalue weighted by atomic mass is 16.5. The minimum atomic E-state index is -0.411. The van der Waals surface area contributed by atoms with Gasteiger partial charge in [0.2, 0.25) is 0 Å². The van der Waals surface area contributed by atoms with Gasteiger partial charge >= 0.3 is 5.97 Å². The molecule has 2 heterocycles. The molecular weight excluding hydrogens is 310 g/mol. The Kier molecular flexibility index (Phi) is 4.37. The molecule has 0 amide bonds. The van der Waals surface area contributed by atoms with Crippen molar-refractivity contribution < 1.29 is 23.8 Å². The number of ether oxygens (including phenoxy) is 2. The number of benzene rings is 1. The third-order valence-corrected chi connectivity index (χ3v) is 3.51. The molecule has 0 saturated carbocycles. The normalized spacial score (nSPS) is 10.8. The summed E-state index contributed by atoms with van der Waals surface area (Å²) in [5, 5.41) is 9.89. The van der Waals surface area contributed by atoms with E-state index in [0.717, 1.165) is 0 Å². The number of hydrogen-bond acceptors (Lipinski definition) is 6. The van der Waals surface area contributed by atoms with E-state index in [0.29, 0.717) is 40.3 Å². The van der Waals surface area contributed by atoms with Crippen LogP contribution in [-0.2, 0) is 11.3 Å². The molecule has 0 fully saturated rings. The first-order valence-electron chi connectivity index (χ1n) is 7.55. The zero-order valence-corrected chi connectivity index (χ0v) is 13.4. The molecule has 24 heavy (non-hydrogen) atoms. The van der Waals surface area contributed by atoms with Gasteiger partial charge in [-0.15, -0.1) is 0 Å². The number of carbonyl (C=O) groups excluding carboxylic acids is 1. The monoisotopic (exact) mass is 327 g/mol. The Balaban J connectivity index is 1.85. The molecule has 0 radical (unpaired) electrons. The predicted molar refractivity (Wildman–Crippen MR) is 87.1 cm³/mol. The number of aryl methyl sites for hydroxylation is 1. The van der Waals surface area contributed by atoms with Crippen molar-refractivity contribution in [3.8, 4) is 11.5 Å². The van der Waals surface area contributed by atoms with Crippen molar-refractivity contribution in [2.45, 2.75) is 20.5 Å². The highest BCUT2D eigenvalue weighted by Crippen LogP contribution is 2.30. The van der Waals surface area contributed by atoms with E-state index in [2.05, 4.69) is 4.98 Å². The number of fused-ring (bicyclic) bond motifs is 1. The Morgan fingerprint density at radius 1 is 1.29 bits per heavy atom. The minimum Gasteiger partial charge on any atom is -0.506 e. The van der Waals surface area contributed by atoms with Crippen LogP contribution in [0.15, 0.2) is 40.9 Å². The lowest BCUT2D eigenvalue weighted by Crippen LogP contribution is -2.05. The second-order valence-electron chi connectivity index (χ2n) is 5.21. The third-order valence-electron chi connectivity index (χ3n) is 3.51. The number of aromatic nitrogens is 1. The summed E-state index contributed by atoms with van der Waals surface area (Å²) in [6, 6.07) is 8.50. The SMILES string of the molecule is CCOC(=O)c1c(C)oc2ccc(OCc3ccc(O)cn3)cc12. The molecule has 124 valence electrons. The fraction of sp³-hybridized carbons (Fsp3) is 0.222. The second kappa shape index (κ2) is 6.62. The van der Waals surface area contributed by atoms with Crippen LogP contribution in [-0.4, -0.2) is 22.7 Å². The number of esters is 1. The van der Waals surface area contributed by atoms with Gasteiger partial charge in [-0.05, 0) is 44.2 Å². The predicted octanol–water partition coefficient (Wildman–Crippen LogP) is 3.60. The van der Waals surface area contributed by atoms with E-state index in [9.17, 15) is 9.90 Å². The lowest BCUT2D eigenvalue weighted by atomic mass is 10.1. The first kappa shape index (κ1) is 15.9. The van der Waals surface area contributed by atoms with E-state index >= 15 is 0 Å². The Hall–Kier alpha value is -3.02. The summed E-state index contributed by atoms with van der Waals surface area (Å²) in [7, 11) is 0. The van der Waals surface area contributed by atoms with E-state index in [4.69, 9.17) is 13.9 Å². The van der Waals surface area contributed by atoms with E-state index in [1.165, 1.54) is 6.20 Å². The van der Waals surface area contributed by atoms with E-state index in [-0.39, 0.29) is 12.4 Å². The molecule has 0 bridgehead atoms. The van der Waals surface area contributed by atoms with Crippen LogP contribution in [0, 0.1) is 6.92 Å². The van der Waals surface area contributed by atoms with E-state index in [1.54, 1.807) is 44.2 Å². The molecule has 0 spiro atoms. The van der Waals surface area contributed by atoms with Crippen LogP contribution in [0.1, 0.15) is 28.7 Å². The number of carbonyl (C=O) groups is 1. The number of nitrogens with zero attached hydrogens (tertiary/aromatic N) is 1. The van der Waals surface area contributed by atoms with Crippen LogP contribution in [0.4, 0.5) is 0 Å². The first-order chi connectivity index (χ1) is 11.6. The van der Waals surface area contributed by atoms with Gasteiger partial charge in [0.25, 0.3) is 0 Å². The maximum atomic E-state index is 12.1. The van der Waals surface area contributed by atoms with Gasteiger partial charge in [0.15, 0.2) is 0 Å². The number of aromatic hydroxyl groups is 1. The lowest BCUT2D eigenvalue weighted by molar-refractivity contribution is 0.0526. The van der Waals surface area contributed by atoms with Crippen molar-refractivity contribution in [3.05, 3.63) is 53.5 Å². The first-order valence-corrected chi connectivity index (χ1v) is 7.55. The van der Waals surface area contributed by atoms with Gasteiger partial charge in [-0.2, -0.15) is 0 Å². The molecule has 2 aromatic heterocycles. The number of furan rings is 1. The quantitative estimate of drug-likeness (QED) is 0.721. The molecule has 0 saturated heterocycles. The standard InChI is InChI=1S/C18H17NO5/c1-3-22-18(21)17-11(2)24-16-7-6-14(8-15(16)17)23-10-12-4-5-13(20)9-19-12/h4-9,20H,3,10H2,1-2H3. The molecular formula is C18H17NO5. The third kappa shape index (κ3) is 3.17. The molecule has 0 aliphatic rings. The van der Waals surface area contributed by atoms with Crippen LogP contribution in [0.3, 0.4) is 0 Å². The molecule has 0 unspecified atom stereocenters. The smallest absolute Gasteiger partial charge is 0.342 e. The largest absolute Gasteiger partial charge is 0.506 e. The molecule has 0 atom stereocenters. The molecule has 0 aliphatic heterocycles. The van der Waals surface area contributed by atoms with Crippen molar-refractivity contribution >= 4 is 16.9 Å². The second-order valence-corrected chi connectivity index (χ2v) is 5.21. The van der Waals surface area contributed by atoms with Gasteiger partial charge in [0, 0.05) is 5.39 Å². The van der Waals surface area contributed by atoms with Gasteiger partial charge in [-0.3, -0.25) is 4.98 Å². The topological polar surface area (TPSA) is 81.8 Å². The molecule has 3 rings (SSSR count). The summed E-state index contributed by atoms with van der Waals surface area (Å²) in [6.45, 7) is 4.03. The van der Waals surface area contributed by atoms with Crippen molar-refractivity contribution in [3.63, 3.8) is 0 Å². The van der Waals surface area contributed by atoms with Crippen molar-refractivity contribution in [2.75, 3.05) is 6.61 Å². The fourth-order valence-electron chi connectivity index (χ4n) is 2.41. The van der Waals surface area contributed by atoms with Crippen LogP contribution < -0.4 is 4.74 Å². The van der Waals surface area contributed by atoms with Gasteiger partial charge in [0.05, 0.1) is 18.5 Å². The Morgan fingerprint density at radius 2 is 2.12 bits per heavy atom. The summed E-state index contributed by atoms with van der Waals surface area (Å²) >= 11 is 0. The molecule has 1 N–H and O–H groups in total. The van der Waals surface area contributed by atoms with Gasteiger partial charge in [0.1, 0.15) is 35.0 Å².